The van der Waals surface area contributed by atoms with Crippen LogP contribution in [0.2, 0.25) is 0 Å². The number of ketones is 1. The Hall–Kier alpha value is -2.21. The quantitative estimate of drug-likeness (QED) is 0.542. The van der Waals surface area contributed by atoms with Crippen molar-refractivity contribution in [1.29, 1.82) is 0 Å². The summed E-state index contributed by atoms with van der Waals surface area (Å²) in [6, 6.07) is 9.34. The molecule has 0 bridgehead atoms. The molecule has 1 saturated carbocycles. The Kier molecular flexibility index (Phi) is 5.95. The highest BCUT2D eigenvalue weighted by Gasteiger charge is 2.59. The average molecular weight is 373 g/mol. The Balaban J connectivity index is 1.75. The second-order valence-corrected chi connectivity index (χ2v) is 7.57. The van der Waals surface area contributed by atoms with E-state index in [1.165, 1.54) is 7.11 Å². The van der Waals surface area contributed by atoms with Crippen molar-refractivity contribution in [1.82, 2.24) is 4.90 Å². The maximum absolute atomic E-state index is 12.7. The molecule has 1 heterocycles. The van der Waals surface area contributed by atoms with Gasteiger partial charge in [0.15, 0.2) is 6.10 Å². The predicted octanol–water partition coefficient (Wildman–Crippen LogP) is 2.50. The molecule has 1 amide bonds. The molecule has 1 aromatic rings. The van der Waals surface area contributed by atoms with Crippen molar-refractivity contribution in [3.05, 3.63) is 35.9 Å². The zero-order valence-corrected chi connectivity index (χ0v) is 16.0. The fourth-order valence-electron chi connectivity index (χ4n) is 4.20. The first-order valence-corrected chi connectivity index (χ1v) is 9.53. The van der Waals surface area contributed by atoms with E-state index in [2.05, 4.69) is 4.74 Å². The van der Waals surface area contributed by atoms with Crippen LogP contribution >= 0.6 is 0 Å². The monoisotopic (exact) mass is 373 g/mol. The Morgan fingerprint density at radius 3 is 2.63 bits per heavy atom. The van der Waals surface area contributed by atoms with E-state index in [1.54, 1.807) is 4.90 Å². The smallest absolute Gasteiger partial charge is 0.307 e. The van der Waals surface area contributed by atoms with Gasteiger partial charge in [-0.3, -0.25) is 14.4 Å². The number of hydrogen-bond donors (Lipinski definition) is 0. The van der Waals surface area contributed by atoms with Crippen molar-refractivity contribution < 1.29 is 23.9 Å². The van der Waals surface area contributed by atoms with Crippen LogP contribution in [0.3, 0.4) is 0 Å². The predicted molar refractivity (Wildman–Crippen MR) is 98.7 cm³/mol. The van der Waals surface area contributed by atoms with Crippen LogP contribution in [0.25, 0.3) is 0 Å². The zero-order chi connectivity index (χ0) is 19.4. The number of carbonyl (C=O) groups excluding carboxylic acids is 3. The summed E-state index contributed by atoms with van der Waals surface area (Å²) in [6.45, 7) is 2.52. The number of carbonyl (C=O) groups is 3. The summed E-state index contributed by atoms with van der Waals surface area (Å²) in [7, 11) is 1.33. The topological polar surface area (TPSA) is 72.9 Å². The van der Waals surface area contributed by atoms with Crippen LogP contribution in [0.5, 0.6) is 0 Å². The Morgan fingerprint density at radius 2 is 1.96 bits per heavy atom. The molecule has 2 aliphatic rings. The second kappa shape index (κ2) is 8.21. The first kappa shape index (κ1) is 19.5. The van der Waals surface area contributed by atoms with Gasteiger partial charge in [0.1, 0.15) is 5.78 Å². The van der Waals surface area contributed by atoms with Gasteiger partial charge in [-0.25, -0.2) is 0 Å². The lowest BCUT2D eigenvalue weighted by atomic mass is 9.64. The van der Waals surface area contributed by atoms with Crippen molar-refractivity contribution in [3.63, 3.8) is 0 Å². The first-order chi connectivity index (χ1) is 13.0. The molecule has 1 aliphatic carbocycles. The van der Waals surface area contributed by atoms with E-state index in [-0.39, 0.29) is 36.7 Å². The Labute approximate surface area is 159 Å². The van der Waals surface area contributed by atoms with Gasteiger partial charge < -0.3 is 14.4 Å². The van der Waals surface area contributed by atoms with E-state index in [1.807, 2.05) is 37.3 Å². The highest BCUT2D eigenvalue weighted by molar-refractivity contribution is 5.94. The number of β-lactam (4-membered cyclic amide) rings is 1. The van der Waals surface area contributed by atoms with Crippen LogP contribution in [-0.2, 0) is 30.5 Å². The lowest BCUT2D eigenvalue weighted by Gasteiger charge is -2.55. The average Bonchev–Trinajstić information content (AvgIpc) is 2.68. The normalized spacial score (nSPS) is 28.0. The molecular weight excluding hydrogens is 346 g/mol. The fraction of sp³-hybridized carbons (Fsp3) is 0.571. The third-order valence-corrected chi connectivity index (χ3v) is 5.85. The van der Waals surface area contributed by atoms with Gasteiger partial charge in [-0.2, -0.15) is 0 Å². The van der Waals surface area contributed by atoms with Crippen molar-refractivity contribution in [2.24, 2.45) is 5.41 Å². The molecule has 146 valence electrons. The number of methoxy groups -OCH3 is 1. The number of Topliss-reactive ketones (excluding diaryl/α,β-unsaturated/α-hetero) is 1. The molecule has 6 heteroatoms. The van der Waals surface area contributed by atoms with E-state index in [0.717, 1.165) is 24.8 Å². The molecule has 0 aromatic heterocycles. The molecule has 0 radical (unpaired) electrons. The summed E-state index contributed by atoms with van der Waals surface area (Å²) in [4.78, 5) is 38.6. The van der Waals surface area contributed by atoms with E-state index < -0.39 is 11.5 Å². The third-order valence-electron chi connectivity index (χ3n) is 5.85. The fourth-order valence-corrected chi connectivity index (χ4v) is 4.20. The molecule has 3 atom stereocenters. The number of amides is 1. The van der Waals surface area contributed by atoms with Gasteiger partial charge in [-0.05, 0) is 18.4 Å². The van der Waals surface area contributed by atoms with Crippen LogP contribution in [0.1, 0.15) is 44.6 Å². The van der Waals surface area contributed by atoms with Crippen LogP contribution < -0.4 is 0 Å². The molecule has 2 fully saturated rings. The molecule has 1 aromatic carbocycles. The van der Waals surface area contributed by atoms with Crippen LogP contribution in [0.4, 0.5) is 0 Å². The molecular formula is C21H27NO5. The maximum Gasteiger partial charge on any atom is 0.307 e. The van der Waals surface area contributed by atoms with Crippen molar-refractivity contribution in [3.8, 4) is 0 Å². The molecule has 0 N–H and O–H groups in total. The largest absolute Gasteiger partial charge is 0.469 e. The lowest BCUT2D eigenvalue weighted by Crippen LogP contribution is -2.72. The van der Waals surface area contributed by atoms with Crippen LogP contribution in [-0.4, -0.2) is 48.4 Å². The van der Waals surface area contributed by atoms with Gasteiger partial charge in [0.25, 0.3) is 5.91 Å². The highest BCUT2D eigenvalue weighted by atomic mass is 16.5. The number of nitrogens with zero attached hydrogens (tertiary/aromatic N) is 1. The van der Waals surface area contributed by atoms with E-state index >= 15 is 0 Å². The number of likely N-dealkylation sites (tertiary alicyclic amines) is 1. The van der Waals surface area contributed by atoms with Crippen LogP contribution in [0, 0.1) is 5.41 Å². The standard InChI is InChI=1S/C21H27NO5/c1-21(12-7-6-10-16(21)23)19-18(27-14-15-8-4-3-5-9-15)20(25)22(19)13-11-17(24)26-2/h3-5,8-9,18-19H,6-7,10-14H2,1-2H3/t18-,19-,21+/m1/s1. The number of benzene rings is 1. The van der Waals surface area contributed by atoms with Crippen molar-refractivity contribution >= 4 is 17.7 Å². The van der Waals surface area contributed by atoms with Gasteiger partial charge in [0, 0.05) is 18.4 Å². The summed E-state index contributed by atoms with van der Waals surface area (Å²) < 4.78 is 10.6. The summed E-state index contributed by atoms with van der Waals surface area (Å²) in [6.07, 6.45) is 2.61. The molecule has 1 aliphatic heterocycles. The summed E-state index contributed by atoms with van der Waals surface area (Å²) in [5, 5.41) is 0. The number of hydrogen-bond acceptors (Lipinski definition) is 5. The van der Waals surface area contributed by atoms with Crippen LogP contribution in [0.15, 0.2) is 30.3 Å². The van der Waals surface area contributed by atoms with Crippen molar-refractivity contribution in [2.45, 2.75) is 57.8 Å². The zero-order valence-electron chi connectivity index (χ0n) is 16.0. The van der Waals surface area contributed by atoms with Gasteiger partial charge >= 0.3 is 5.97 Å². The molecule has 0 spiro atoms. The summed E-state index contributed by atoms with van der Waals surface area (Å²) in [5.41, 5.74) is 0.362. The number of esters is 1. The van der Waals surface area contributed by atoms with Gasteiger partial charge in [0.2, 0.25) is 0 Å². The molecule has 0 unspecified atom stereocenters. The Morgan fingerprint density at radius 1 is 1.22 bits per heavy atom. The molecule has 3 rings (SSSR count). The maximum atomic E-state index is 12.7. The summed E-state index contributed by atoms with van der Waals surface area (Å²) >= 11 is 0. The van der Waals surface area contributed by atoms with Crippen molar-refractivity contribution in [2.75, 3.05) is 13.7 Å². The minimum atomic E-state index is -0.644. The SMILES string of the molecule is COC(=O)CCN1C(=O)[C@H](OCc2ccccc2)[C@@H]1[C@@]1(C)CCCCC1=O. The molecule has 6 nitrogen and oxygen atoms in total. The van der Waals surface area contributed by atoms with Gasteiger partial charge in [-0.1, -0.05) is 43.7 Å². The summed E-state index contributed by atoms with van der Waals surface area (Å²) in [5.74, 6) is -0.336. The van der Waals surface area contributed by atoms with E-state index in [0.29, 0.717) is 13.0 Å². The molecule has 1 saturated heterocycles. The minimum absolute atomic E-state index is 0.119. The third kappa shape index (κ3) is 3.90. The lowest BCUT2D eigenvalue weighted by molar-refractivity contribution is -0.192. The first-order valence-electron chi connectivity index (χ1n) is 9.53. The van der Waals surface area contributed by atoms with Gasteiger partial charge in [-0.15, -0.1) is 0 Å². The highest BCUT2D eigenvalue weighted by Crippen LogP contribution is 2.45. The van der Waals surface area contributed by atoms with Gasteiger partial charge in [0.05, 0.1) is 26.2 Å². The molecule has 27 heavy (non-hydrogen) atoms. The minimum Gasteiger partial charge on any atom is -0.469 e. The van der Waals surface area contributed by atoms with E-state index in [9.17, 15) is 14.4 Å². The van der Waals surface area contributed by atoms with E-state index in [4.69, 9.17) is 4.74 Å². The number of ether oxygens (including phenoxy) is 2. The Bertz CT molecular complexity index is 704. The second-order valence-electron chi connectivity index (χ2n) is 7.57. The number of rotatable bonds is 7.